The molecule has 0 bridgehead atoms. The zero-order valence-electron chi connectivity index (χ0n) is 7.35. The van der Waals surface area contributed by atoms with E-state index in [-0.39, 0.29) is 16.6 Å². The van der Waals surface area contributed by atoms with E-state index in [1.807, 2.05) is 20.8 Å². The van der Waals surface area contributed by atoms with Crippen LogP contribution >= 0.6 is 0 Å². The minimum atomic E-state index is -0.248. The Morgan fingerprint density at radius 2 is 2.17 bits per heavy atom. The fraction of sp³-hybridized carbons (Fsp3) is 0.571. The van der Waals surface area contributed by atoms with E-state index in [0.717, 1.165) is 0 Å². The molecule has 5 heteroatoms. The molecule has 68 valence electrons. The Kier molecular flexibility index (Phi) is 2.08. The molecule has 5 nitrogen and oxygen atoms in total. The molecular formula is C7H12N3O2-. The molecule has 0 aliphatic rings. The van der Waals surface area contributed by atoms with Crippen LogP contribution in [-0.4, -0.2) is 14.8 Å². The molecule has 0 spiro atoms. The molecular weight excluding hydrogens is 158 g/mol. The van der Waals surface area contributed by atoms with Crippen molar-refractivity contribution in [1.29, 1.82) is 0 Å². The van der Waals surface area contributed by atoms with Gasteiger partial charge < -0.3 is 15.0 Å². The van der Waals surface area contributed by atoms with Gasteiger partial charge >= 0.3 is 0 Å². The summed E-state index contributed by atoms with van der Waals surface area (Å²) in [4.78, 5) is 3.71. The van der Waals surface area contributed by atoms with E-state index in [4.69, 9.17) is 5.21 Å². The van der Waals surface area contributed by atoms with Crippen molar-refractivity contribution in [3.05, 3.63) is 17.7 Å². The molecule has 0 saturated heterocycles. The second kappa shape index (κ2) is 2.76. The summed E-state index contributed by atoms with van der Waals surface area (Å²) in [7, 11) is 0. The van der Waals surface area contributed by atoms with Gasteiger partial charge in [-0.05, 0) is 20.8 Å². The van der Waals surface area contributed by atoms with Gasteiger partial charge in [-0.1, -0.05) is 0 Å². The largest absolute Gasteiger partial charge is 0.732 e. The number of nitrogens with zero attached hydrogens (tertiary/aromatic N) is 3. The Morgan fingerprint density at radius 1 is 1.58 bits per heavy atom. The predicted octanol–water partition coefficient (Wildman–Crippen LogP) is 1.33. The molecule has 12 heavy (non-hydrogen) atoms. The van der Waals surface area contributed by atoms with Gasteiger partial charge in [0.2, 0.25) is 0 Å². The highest BCUT2D eigenvalue weighted by molar-refractivity contribution is 5.32. The number of rotatable bonds is 1. The Morgan fingerprint density at radius 3 is 2.42 bits per heavy atom. The van der Waals surface area contributed by atoms with Gasteiger partial charge in [-0.2, -0.15) is 0 Å². The summed E-state index contributed by atoms with van der Waals surface area (Å²) in [6.07, 6.45) is 3.00. The molecule has 1 heterocycles. The van der Waals surface area contributed by atoms with Crippen LogP contribution in [0.25, 0.3) is 0 Å². The first-order valence-electron chi connectivity index (χ1n) is 3.62. The van der Waals surface area contributed by atoms with Crippen LogP contribution in [0.4, 0.5) is 5.82 Å². The van der Waals surface area contributed by atoms with Gasteiger partial charge in [-0.25, -0.2) is 4.98 Å². The Balaban J connectivity index is 2.92. The molecule has 1 aromatic rings. The van der Waals surface area contributed by atoms with E-state index in [1.165, 1.54) is 12.5 Å². The minimum Gasteiger partial charge on any atom is -0.732 e. The zero-order chi connectivity index (χ0) is 9.35. The van der Waals surface area contributed by atoms with Crippen LogP contribution in [0.3, 0.4) is 0 Å². The smallest absolute Gasteiger partial charge is 0.160 e. The molecule has 1 rings (SSSR count). The predicted molar refractivity (Wildman–Crippen MR) is 44.9 cm³/mol. The van der Waals surface area contributed by atoms with E-state index in [1.54, 1.807) is 4.57 Å². The summed E-state index contributed by atoms with van der Waals surface area (Å²) in [6.45, 7) is 5.93. The average molecular weight is 170 g/mol. The third-order valence-electron chi connectivity index (χ3n) is 1.54. The number of anilines is 1. The summed E-state index contributed by atoms with van der Waals surface area (Å²) in [6, 6.07) is 0. The van der Waals surface area contributed by atoms with Crippen LogP contribution in [0.15, 0.2) is 12.5 Å². The summed E-state index contributed by atoms with van der Waals surface area (Å²) in [5, 5.41) is 18.6. The standard InChI is InChI=1S/C7H12N3O2/c1-7(2,3)9-4-6(8-5-9)10(11)12/h4-5,11H,1-3H3/q-1. The number of imidazole rings is 1. The molecule has 0 fully saturated rings. The maximum atomic E-state index is 10.4. The van der Waals surface area contributed by atoms with Gasteiger partial charge in [0.15, 0.2) is 5.82 Å². The van der Waals surface area contributed by atoms with Crippen molar-refractivity contribution < 1.29 is 5.21 Å². The van der Waals surface area contributed by atoms with Crippen molar-refractivity contribution in [3.8, 4) is 0 Å². The quantitative estimate of drug-likeness (QED) is 0.646. The van der Waals surface area contributed by atoms with Gasteiger partial charge in [0, 0.05) is 11.7 Å². The zero-order valence-corrected chi connectivity index (χ0v) is 7.35. The SMILES string of the molecule is CC(C)(C)n1cnc(N([O-])O)c1. The van der Waals surface area contributed by atoms with Crippen molar-refractivity contribution in [2.75, 3.05) is 5.23 Å². The lowest BCUT2D eigenvalue weighted by molar-refractivity contribution is 0.293. The summed E-state index contributed by atoms with van der Waals surface area (Å²) < 4.78 is 1.75. The molecule has 1 aromatic heterocycles. The molecule has 0 aromatic carbocycles. The minimum absolute atomic E-state index is 0.00456. The van der Waals surface area contributed by atoms with E-state index >= 15 is 0 Å². The third-order valence-corrected chi connectivity index (χ3v) is 1.54. The van der Waals surface area contributed by atoms with E-state index in [0.29, 0.717) is 0 Å². The van der Waals surface area contributed by atoms with E-state index in [2.05, 4.69) is 4.98 Å². The molecule has 1 N–H and O–H groups in total. The highest BCUT2D eigenvalue weighted by Gasteiger charge is 2.12. The van der Waals surface area contributed by atoms with Crippen molar-refractivity contribution in [2.24, 2.45) is 0 Å². The van der Waals surface area contributed by atoms with E-state index in [9.17, 15) is 5.21 Å². The van der Waals surface area contributed by atoms with Crippen molar-refractivity contribution in [3.63, 3.8) is 0 Å². The van der Waals surface area contributed by atoms with E-state index < -0.39 is 0 Å². The Bertz CT molecular complexity index is 262. The summed E-state index contributed by atoms with van der Waals surface area (Å²) >= 11 is 0. The summed E-state index contributed by atoms with van der Waals surface area (Å²) in [5.74, 6) is 0.00456. The monoisotopic (exact) mass is 170 g/mol. The summed E-state index contributed by atoms with van der Waals surface area (Å²) in [5.41, 5.74) is -0.124. The first-order chi connectivity index (χ1) is 5.41. The number of hydrogen-bond donors (Lipinski definition) is 1. The number of hydrogen-bond acceptors (Lipinski definition) is 4. The molecule has 0 aliphatic carbocycles. The highest BCUT2D eigenvalue weighted by atomic mass is 16.8. The Hall–Kier alpha value is -1.07. The lowest BCUT2D eigenvalue weighted by atomic mass is 10.1. The van der Waals surface area contributed by atoms with Crippen LogP contribution in [0.1, 0.15) is 20.8 Å². The number of aromatic nitrogens is 2. The highest BCUT2D eigenvalue weighted by Crippen LogP contribution is 2.16. The van der Waals surface area contributed by atoms with Crippen LogP contribution in [-0.2, 0) is 5.54 Å². The van der Waals surface area contributed by atoms with Crippen LogP contribution in [0, 0.1) is 5.21 Å². The maximum Gasteiger partial charge on any atom is 0.160 e. The average Bonchev–Trinajstić information content (AvgIpc) is 2.30. The lowest BCUT2D eigenvalue weighted by Crippen LogP contribution is -2.19. The topological polar surface area (TPSA) is 64.4 Å². The van der Waals surface area contributed by atoms with Crippen molar-refractivity contribution >= 4 is 5.82 Å². The molecule has 0 amide bonds. The van der Waals surface area contributed by atoms with Crippen LogP contribution in [0.2, 0.25) is 0 Å². The molecule has 0 unspecified atom stereocenters. The van der Waals surface area contributed by atoms with Gasteiger partial charge in [0.25, 0.3) is 0 Å². The molecule has 0 atom stereocenters. The first-order valence-corrected chi connectivity index (χ1v) is 3.62. The first kappa shape index (κ1) is 9.02. The fourth-order valence-corrected chi connectivity index (χ4v) is 0.778. The molecule has 0 aliphatic heterocycles. The van der Waals surface area contributed by atoms with Gasteiger partial charge in [0.1, 0.15) is 0 Å². The second-order valence-electron chi connectivity index (χ2n) is 3.58. The lowest BCUT2D eigenvalue weighted by Gasteiger charge is -2.21. The maximum absolute atomic E-state index is 10.4. The molecule has 0 radical (unpaired) electrons. The van der Waals surface area contributed by atoms with Crippen molar-refractivity contribution in [1.82, 2.24) is 9.55 Å². The Labute approximate surface area is 70.8 Å². The second-order valence-corrected chi connectivity index (χ2v) is 3.58. The molecule has 0 saturated carbocycles. The third kappa shape index (κ3) is 1.75. The van der Waals surface area contributed by atoms with Crippen molar-refractivity contribution in [2.45, 2.75) is 26.3 Å². The van der Waals surface area contributed by atoms with Crippen LogP contribution in [0.5, 0.6) is 0 Å². The normalized spacial score (nSPS) is 11.8. The van der Waals surface area contributed by atoms with Gasteiger partial charge in [-0.15, -0.1) is 0 Å². The fourth-order valence-electron chi connectivity index (χ4n) is 0.778. The van der Waals surface area contributed by atoms with Crippen LogP contribution < -0.4 is 5.23 Å². The van der Waals surface area contributed by atoms with Gasteiger partial charge in [-0.3, -0.25) is 5.21 Å². The van der Waals surface area contributed by atoms with Gasteiger partial charge in [0.05, 0.1) is 6.33 Å².